The first kappa shape index (κ1) is 14.4. The number of rotatable bonds is 2. The molecule has 5 nitrogen and oxygen atoms in total. The maximum Gasteiger partial charge on any atom is 0.336 e. The van der Waals surface area contributed by atoms with Crippen molar-refractivity contribution in [2.45, 2.75) is 6.42 Å². The Kier molecular flexibility index (Phi) is 4.29. The number of hydrogen-bond donors (Lipinski definition) is 1. The molecule has 0 radical (unpaired) electrons. The summed E-state index contributed by atoms with van der Waals surface area (Å²) in [6.07, 6.45) is 0.609. The van der Waals surface area contributed by atoms with Gasteiger partial charge >= 0.3 is 5.97 Å². The second-order valence-corrected chi connectivity index (χ2v) is 4.38. The van der Waals surface area contributed by atoms with Crippen LogP contribution in [0.4, 0.5) is 8.78 Å². The summed E-state index contributed by atoms with van der Waals surface area (Å²) in [5.74, 6) is -4.65. The zero-order valence-corrected chi connectivity index (χ0v) is 10.6. The third-order valence-corrected chi connectivity index (χ3v) is 3.03. The number of amides is 1. The van der Waals surface area contributed by atoms with Crippen LogP contribution >= 0.6 is 0 Å². The highest BCUT2D eigenvalue weighted by Gasteiger charge is 2.25. The van der Waals surface area contributed by atoms with E-state index in [-0.39, 0.29) is 12.1 Å². The van der Waals surface area contributed by atoms with Crippen molar-refractivity contribution in [1.29, 1.82) is 0 Å². The van der Waals surface area contributed by atoms with Gasteiger partial charge in [-0.05, 0) is 18.6 Å². The maximum atomic E-state index is 13.3. The SMILES string of the molecule is O=C(O)c1cc(F)c(F)cc1C(=O)N1CCCOCC1. The fraction of sp³-hybridized carbons (Fsp3) is 0.385. The minimum Gasteiger partial charge on any atom is -0.478 e. The monoisotopic (exact) mass is 285 g/mol. The zero-order chi connectivity index (χ0) is 14.7. The lowest BCUT2D eigenvalue weighted by Crippen LogP contribution is -2.34. The average molecular weight is 285 g/mol. The fourth-order valence-electron chi connectivity index (χ4n) is 2.02. The molecule has 0 spiro atoms. The smallest absolute Gasteiger partial charge is 0.336 e. The first-order chi connectivity index (χ1) is 9.50. The Morgan fingerprint density at radius 3 is 2.40 bits per heavy atom. The van der Waals surface area contributed by atoms with Crippen molar-refractivity contribution in [3.63, 3.8) is 0 Å². The van der Waals surface area contributed by atoms with Gasteiger partial charge in [0.25, 0.3) is 5.91 Å². The Labute approximate surface area is 113 Å². The van der Waals surface area contributed by atoms with Gasteiger partial charge in [-0.1, -0.05) is 0 Å². The second kappa shape index (κ2) is 5.96. The highest BCUT2D eigenvalue weighted by molar-refractivity contribution is 6.04. The molecule has 1 heterocycles. The maximum absolute atomic E-state index is 13.3. The van der Waals surface area contributed by atoms with Gasteiger partial charge in [-0.25, -0.2) is 13.6 Å². The van der Waals surface area contributed by atoms with Gasteiger partial charge in [0.15, 0.2) is 11.6 Å². The molecule has 20 heavy (non-hydrogen) atoms. The van der Waals surface area contributed by atoms with E-state index in [0.29, 0.717) is 38.3 Å². The summed E-state index contributed by atoms with van der Waals surface area (Å²) < 4.78 is 31.6. The van der Waals surface area contributed by atoms with E-state index in [4.69, 9.17) is 9.84 Å². The lowest BCUT2D eigenvalue weighted by molar-refractivity contribution is 0.0671. The van der Waals surface area contributed by atoms with Crippen molar-refractivity contribution >= 4 is 11.9 Å². The van der Waals surface area contributed by atoms with E-state index in [9.17, 15) is 18.4 Å². The molecule has 1 aliphatic heterocycles. The van der Waals surface area contributed by atoms with Crippen LogP contribution in [0.1, 0.15) is 27.1 Å². The van der Waals surface area contributed by atoms with Crippen LogP contribution in [0.25, 0.3) is 0 Å². The largest absolute Gasteiger partial charge is 0.478 e. The number of carbonyl (C=O) groups is 2. The van der Waals surface area contributed by atoms with Gasteiger partial charge in [0.2, 0.25) is 0 Å². The summed E-state index contributed by atoms with van der Waals surface area (Å²) in [5, 5.41) is 9.00. The molecule has 1 N–H and O–H groups in total. The molecule has 0 atom stereocenters. The fourth-order valence-corrected chi connectivity index (χ4v) is 2.02. The van der Waals surface area contributed by atoms with Crippen molar-refractivity contribution < 1.29 is 28.2 Å². The quantitative estimate of drug-likeness (QED) is 0.894. The standard InChI is InChI=1S/C13H13F2NO4/c14-10-6-8(9(13(18)19)7-11(10)15)12(17)16-2-1-4-20-5-3-16/h6-7H,1-5H2,(H,18,19). The predicted molar refractivity (Wildman–Crippen MR) is 64.7 cm³/mol. The van der Waals surface area contributed by atoms with Crippen molar-refractivity contribution in [1.82, 2.24) is 4.90 Å². The van der Waals surface area contributed by atoms with Gasteiger partial charge < -0.3 is 14.7 Å². The summed E-state index contributed by atoms with van der Waals surface area (Å²) in [6, 6.07) is 1.16. The van der Waals surface area contributed by atoms with Crippen LogP contribution in [0.15, 0.2) is 12.1 Å². The Bertz CT molecular complexity index is 539. The van der Waals surface area contributed by atoms with Crippen LogP contribution in [0.2, 0.25) is 0 Å². The van der Waals surface area contributed by atoms with E-state index < -0.39 is 29.1 Å². The van der Waals surface area contributed by atoms with E-state index in [1.54, 1.807) is 0 Å². The molecule has 0 aliphatic carbocycles. The van der Waals surface area contributed by atoms with E-state index in [1.165, 1.54) is 4.90 Å². The predicted octanol–water partition coefficient (Wildman–Crippen LogP) is 1.53. The molecule has 0 aromatic heterocycles. The number of halogens is 2. The van der Waals surface area contributed by atoms with E-state index in [1.807, 2.05) is 0 Å². The summed E-state index contributed by atoms with van der Waals surface area (Å²) in [4.78, 5) is 24.7. The van der Waals surface area contributed by atoms with Gasteiger partial charge in [0.05, 0.1) is 17.7 Å². The minimum absolute atomic E-state index is 0.289. The molecule has 7 heteroatoms. The third-order valence-electron chi connectivity index (χ3n) is 3.03. The summed E-state index contributed by atoms with van der Waals surface area (Å²) in [6.45, 7) is 1.51. The van der Waals surface area contributed by atoms with Gasteiger partial charge in [0, 0.05) is 19.7 Å². The molecule has 0 saturated carbocycles. The molecule has 1 saturated heterocycles. The second-order valence-electron chi connectivity index (χ2n) is 4.38. The highest BCUT2D eigenvalue weighted by atomic mass is 19.2. The molecule has 0 unspecified atom stereocenters. The van der Waals surface area contributed by atoms with E-state index in [2.05, 4.69) is 0 Å². The Morgan fingerprint density at radius 1 is 1.10 bits per heavy atom. The molecule has 0 bridgehead atoms. The first-order valence-electron chi connectivity index (χ1n) is 6.10. The number of carbonyl (C=O) groups excluding carboxylic acids is 1. The lowest BCUT2D eigenvalue weighted by Gasteiger charge is -2.20. The topological polar surface area (TPSA) is 66.8 Å². The van der Waals surface area contributed by atoms with Gasteiger partial charge in [-0.2, -0.15) is 0 Å². The average Bonchev–Trinajstić information content (AvgIpc) is 2.69. The van der Waals surface area contributed by atoms with Crippen molar-refractivity contribution in [2.75, 3.05) is 26.3 Å². The van der Waals surface area contributed by atoms with Crippen molar-refractivity contribution in [2.24, 2.45) is 0 Å². The summed E-state index contributed by atoms with van der Waals surface area (Å²) in [7, 11) is 0. The first-order valence-corrected chi connectivity index (χ1v) is 6.10. The summed E-state index contributed by atoms with van der Waals surface area (Å²) >= 11 is 0. The van der Waals surface area contributed by atoms with Crippen molar-refractivity contribution in [3.8, 4) is 0 Å². The van der Waals surface area contributed by atoms with Crippen LogP contribution in [0.3, 0.4) is 0 Å². The zero-order valence-electron chi connectivity index (χ0n) is 10.6. The molecule has 1 amide bonds. The van der Waals surface area contributed by atoms with Crippen molar-refractivity contribution in [3.05, 3.63) is 34.9 Å². The van der Waals surface area contributed by atoms with Gasteiger partial charge in [0.1, 0.15) is 0 Å². The highest BCUT2D eigenvalue weighted by Crippen LogP contribution is 2.18. The molecule has 2 rings (SSSR count). The number of nitrogens with zero attached hydrogens (tertiary/aromatic N) is 1. The number of hydrogen-bond acceptors (Lipinski definition) is 3. The molecule has 1 aromatic rings. The van der Waals surface area contributed by atoms with E-state index in [0.717, 1.165) is 0 Å². The van der Waals surface area contributed by atoms with Crippen LogP contribution in [0.5, 0.6) is 0 Å². The van der Waals surface area contributed by atoms with Gasteiger partial charge in [-0.15, -0.1) is 0 Å². The molecule has 1 fully saturated rings. The van der Waals surface area contributed by atoms with Crippen LogP contribution < -0.4 is 0 Å². The van der Waals surface area contributed by atoms with Crippen LogP contribution in [0, 0.1) is 11.6 Å². The molecular formula is C13H13F2NO4. The molecule has 1 aromatic carbocycles. The van der Waals surface area contributed by atoms with Gasteiger partial charge in [-0.3, -0.25) is 4.79 Å². The number of benzene rings is 1. The number of aromatic carboxylic acids is 1. The number of carboxylic acid groups (broad SMARTS) is 1. The minimum atomic E-state index is -1.47. The molecule has 1 aliphatic rings. The number of ether oxygens (including phenoxy) is 1. The number of carboxylic acids is 1. The normalized spacial score (nSPS) is 15.8. The molecule has 108 valence electrons. The third kappa shape index (κ3) is 2.93. The molecular weight excluding hydrogens is 272 g/mol. The Balaban J connectivity index is 2.37. The van der Waals surface area contributed by atoms with Crippen LogP contribution in [-0.2, 0) is 4.74 Å². The Hall–Kier alpha value is -2.02. The lowest BCUT2D eigenvalue weighted by atomic mass is 10.1. The summed E-state index contributed by atoms with van der Waals surface area (Å²) in [5.41, 5.74) is -0.891. The Morgan fingerprint density at radius 2 is 1.75 bits per heavy atom. The van der Waals surface area contributed by atoms with E-state index >= 15 is 0 Å². The van der Waals surface area contributed by atoms with Crippen LogP contribution in [-0.4, -0.2) is 48.2 Å².